The largest absolute Gasteiger partial charge is 1.00 e. The van der Waals surface area contributed by atoms with Gasteiger partial charge in [-0.25, -0.2) is 9.59 Å². The molecule has 0 unspecified atom stereocenters. The number of piperidine rings is 2. The van der Waals surface area contributed by atoms with Crippen molar-refractivity contribution in [1.82, 2.24) is 22.1 Å². The molecule has 2 heterocycles. The van der Waals surface area contributed by atoms with Crippen LogP contribution in [0.3, 0.4) is 0 Å². The fraction of sp³-hybridized carbons (Fsp3) is 0.727. The Morgan fingerprint density at radius 2 is 1.03 bits per heavy atom. The summed E-state index contributed by atoms with van der Waals surface area (Å²) in [6.07, 6.45) is 2.09. The first-order chi connectivity index (χ1) is 18.1. The average molecular weight is 1130 g/mol. The zero-order valence-electron chi connectivity index (χ0n) is 28.4. The van der Waals surface area contributed by atoms with Crippen molar-refractivity contribution in [3.05, 3.63) is 12.8 Å². The van der Waals surface area contributed by atoms with Crippen LogP contribution in [0.1, 0.15) is 54.4 Å². The van der Waals surface area contributed by atoms with Crippen LogP contribution < -0.4 is 60.2 Å². The van der Waals surface area contributed by atoms with Crippen LogP contribution in [0.4, 0.5) is 9.59 Å². The summed E-state index contributed by atoms with van der Waals surface area (Å²) in [4.78, 5) is 47.8. The molecule has 10 N–H and O–H groups in total. The number of rotatable bonds is 2. The number of ether oxygens (including phenoxy) is 2. The minimum atomic E-state index is -0.895. The number of hydrogen-bond donors (Lipinski definition) is 4. The van der Waals surface area contributed by atoms with Gasteiger partial charge in [0.15, 0.2) is 0 Å². The molecular formula is C22H44I2N4O8W2-2. The number of hydrogen-bond acceptors (Lipinski definition) is 6. The number of carboxylic acids is 2. The van der Waals surface area contributed by atoms with Crippen molar-refractivity contribution in [2.24, 2.45) is 11.8 Å². The number of aliphatic carboxylic acids is 2. The zero-order chi connectivity index (χ0) is 31.8. The molecule has 228 valence electrons. The number of nitrogens with zero attached hydrogens (tertiary/aromatic N) is 2. The fourth-order valence-corrected chi connectivity index (χ4v) is 3.01. The second-order valence-electron chi connectivity index (χ2n) is 9.79. The SMILES string of the molecule is CC(C)(C)OC(=O)N1CC[CH-][C@@H](C(=O)O)C1.CC(C)(C)OC(=O)N1CC[CH-][C@@H](C(=O)O)C1.[3H][NH+]([3H])[3H].[3H][NH+]([3H])[3H].[I-].[I-].[W].[W]. The molecule has 38 heavy (non-hydrogen) atoms. The second-order valence-corrected chi connectivity index (χ2v) is 9.79. The van der Waals surface area contributed by atoms with Crippen molar-refractivity contribution in [1.29, 1.82) is 0 Å². The average Bonchev–Trinajstić information content (AvgIpc) is 2.76. The monoisotopic (exact) mass is 1130 g/mol. The van der Waals surface area contributed by atoms with Gasteiger partial charge in [0.05, 0.1) is 0 Å². The van der Waals surface area contributed by atoms with E-state index in [0.717, 1.165) is 0 Å². The van der Waals surface area contributed by atoms with E-state index in [1.807, 2.05) is 0 Å². The zero-order valence-corrected chi connectivity index (χ0v) is 32.5. The molecule has 0 saturated carbocycles. The van der Waals surface area contributed by atoms with Crippen LogP contribution in [-0.4, -0.2) is 81.5 Å². The summed E-state index contributed by atoms with van der Waals surface area (Å²) in [6.45, 7) is 12.2. The Morgan fingerprint density at radius 3 is 1.24 bits per heavy atom. The Labute approximate surface area is 297 Å². The molecule has 2 fully saturated rings. The third kappa shape index (κ3) is 21.0. The van der Waals surface area contributed by atoms with Crippen molar-refractivity contribution in [2.45, 2.75) is 65.6 Å². The van der Waals surface area contributed by atoms with Crippen LogP contribution in [0, 0.1) is 24.7 Å². The van der Waals surface area contributed by atoms with Gasteiger partial charge in [0.2, 0.25) is 0 Å². The van der Waals surface area contributed by atoms with Crippen LogP contribution in [0.5, 0.6) is 0 Å². The number of carbonyl (C=O) groups is 4. The first-order valence-corrected chi connectivity index (χ1v) is 10.7. The standard InChI is InChI=1S/2C11H18NO4.2HI.2H3N.2W/c2*1-11(2,3)16-10(15)12-6-4-5-8(7-12)9(13)14;;;;;;/h2*5,8H,4,6-7H2,1-3H3,(H,13,14);2*1H;2*1H3;;/q2*-1;;;;;;/t2*8-;;;;;;/m11....../s1/i/hT6. The van der Waals surface area contributed by atoms with Crippen LogP contribution in [0.25, 0.3) is 0 Å². The molecule has 12 nitrogen and oxygen atoms in total. The first-order valence-electron chi connectivity index (χ1n) is 13.7. The van der Waals surface area contributed by atoms with E-state index in [2.05, 4.69) is 0 Å². The molecule has 2 amide bonds. The molecule has 0 aromatic rings. The van der Waals surface area contributed by atoms with E-state index < -0.39 is 59.4 Å². The van der Waals surface area contributed by atoms with Gasteiger partial charge in [0.25, 0.3) is 11.9 Å². The maximum absolute atomic E-state index is 11.7. The summed E-state index contributed by atoms with van der Waals surface area (Å²) in [7, 11) is 0. The topological polar surface area (TPSA) is 207 Å². The van der Waals surface area contributed by atoms with Crippen LogP contribution in [0.15, 0.2) is 0 Å². The molecule has 0 bridgehead atoms. The van der Waals surface area contributed by atoms with Crippen molar-refractivity contribution >= 4 is 24.1 Å². The van der Waals surface area contributed by atoms with Crippen molar-refractivity contribution in [3.8, 4) is 0 Å². The van der Waals surface area contributed by atoms with E-state index in [1.165, 1.54) is 9.80 Å². The summed E-state index contributed by atoms with van der Waals surface area (Å²) < 4.78 is 45.4. The summed E-state index contributed by atoms with van der Waals surface area (Å²) in [6, 6.07) is 0. The molecule has 0 radical (unpaired) electrons. The summed E-state index contributed by atoms with van der Waals surface area (Å²) in [5.41, 5.74) is -1.09. The van der Waals surface area contributed by atoms with Gasteiger partial charge in [-0.1, -0.05) is 0 Å². The Balaban J connectivity index is -0.000000123. The van der Waals surface area contributed by atoms with E-state index in [4.69, 9.17) is 28.2 Å². The number of amides is 2. The van der Waals surface area contributed by atoms with Crippen LogP contribution in [-0.2, 0) is 61.2 Å². The molecule has 2 rings (SSSR count). The van der Waals surface area contributed by atoms with E-state index in [9.17, 15) is 19.2 Å². The maximum atomic E-state index is 11.7. The minimum Gasteiger partial charge on any atom is -1.00 e. The van der Waals surface area contributed by atoms with Gasteiger partial charge in [-0.2, -0.15) is 12.8 Å². The first kappa shape index (κ1) is 36.3. The molecule has 0 spiro atoms. The maximum Gasteiger partial charge on any atom is 0.410 e. The van der Waals surface area contributed by atoms with Gasteiger partial charge >= 0.3 is 20.7 Å². The van der Waals surface area contributed by atoms with Crippen LogP contribution in [0.2, 0.25) is 8.47 Å². The van der Waals surface area contributed by atoms with Gasteiger partial charge in [-0.05, 0) is 66.5 Å². The fourth-order valence-electron chi connectivity index (χ4n) is 3.01. The molecular weight excluding hydrogens is 1070 g/mol. The molecule has 2 atom stereocenters. The molecule has 0 aromatic carbocycles. The summed E-state index contributed by atoms with van der Waals surface area (Å²) in [5.74, 6) is -2.95. The molecule has 2 aliphatic heterocycles. The number of carboxylic acid groups (broad SMARTS) is 2. The van der Waals surface area contributed by atoms with Gasteiger partial charge in [0.1, 0.15) is 11.2 Å². The van der Waals surface area contributed by atoms with Crippen molar-refractivity contribution in [3.63, 3.8) is 0 Å². The molecule has 16 heteroatoms. The molecule has 2 aliphatic rings. The van der Waals surface area contributed by atoms with E-state index in [0.29, 0.717) is 25.9 Å². The second kappa shape index (κ2) is 22.9. The Morgan fingerprint density at radius 1 is 0.763 bits per heavy atom. The molecule has 2 saturated heterocycles. The van der Waals surface area contributed by atoms with E-state index in [-0.39, 0.29) is 103 Å². The molecule has 0 aromatic heterocycles. The summed E-state index contributed by atoms with van der Waals surface area (Å²) >= 11 is 0. The van der Waals surface area contributed by atoms with E-state index in [1.54, 1.807) is 54.4 Å². The smallest absolute Gasteiger partial charge is 0.410 e. The Hall–Kier alpha value is 0.237. The predicted octanol–water partition coefficient (Wildman–Crippen LogP) is -2.18. The Kier molecular flexibility index (Phi) is 21.8. The number of quaternary nitrogens is 2. The van der Waals surface area contributed by atoms with Gasteiger partial charge in [-0.3, -0.25) is 9.59 Å². The third-order valence-corrected chi connectivity index (χ3v) is 4.47. The third-order valence-electron chi connectivity index (χ3n) is 4.47. The van der Waals surface area contributed by atoms with Gasteiger partial charge in [0, 0.05) is 55.2 Å². The van der Waals surface area contributed by atoms with Crippen molar-refractivity contribution in [2.75, 3.05) is 26.2 Å². The number of halogens is 2. The van der Waals surface area contributed by atoms with Gasteiger partial charge in [-0.15, -0.1) is 0 Å². The number of likely N-dealkylation sites (tertiary alicyclic amines) is 2. The van der Waals surface area contributed by atoms with Crippen molar-refractivity contribution < 1.29 is 137 Å². The predicted molar refractivity (Wildman–Crippen MR) is 128 cm³/mol. The number of carbonyl (C=O) groups excluding carboxylic acids is 2. The Bertz CT molecular complexity index is 750. The quantitative estimate of drug-likeness (QED) is 0.177. The normalized spacial score (nSPS) is 20.3. The van der Waals surface area contributed by atoms with Gasteiger partial charge < -0.3 is 103 Å². The van der Waals surface area contributed by atoms with Crippen LogP contribution >= 0.6 is 0 Å². The van der Waals surface area contributed by atoms with E-state index >= 15 is 0 Å². The summed E-state index contributed by atoms with van der Waals surface area (Å²) in [5, 5.41) is 17.7. The molecule has 0 aliphatic carbocycles. The minimum absolute atomic E-state index is 0.